The maximum Gasteiger partial charge on any atom is 0.327 e. The fourth-order valence-corrected chi connectivity index (χ4v) is 4.41. The second-order valence-corrected chi connectivity index (χ2v) is 7.49. The second-order valence-electron chi connectivity index (χ2n) is 7.49. The first-order valence-corrected chi connectivity index (χ1v) is 9.47. The quantitative estimate of drug-likeness (QED) is 0.744. The molecule has 1 saturated carbocycles. The van der Waals surface area contributed by atoms with E-state index in [0.29, 0.717) is 25.2 Å². The van der Waals surface area contributed by atoms with Crippen LogP contribution in [0.1, 0.15) is 49.0 Å². The van der Waals surface area contributed by atoms with E-state index in [2.05, 4.69) is 4.98 Å². The van der Waals surface area contributed by atoms with Crippen molar-refractivity contribution in [1.82, 2.24) is 24.3 Å². The number of aromatic nitrogens is 2. The van der Waals surface area contributed by atoms with Gasteiger partial charge in [0.1, 0.15) is 11.7 Å². The highest BCUT2D eigenvalue weighted by molar-refractivity contribution is 6.05. The van der Waals surface area contributed by atoms with Gasteiger partial charge in [-0.1, -0.05) is 19.3 Å². The van der Waals surface area contributed by atoms with Crippen molar-refractivity contribution in [3.05, 3.63) is 18.2 Å². The molecule has 1 unspecified atom stereocenters. The minimum Gasteiger partial charge on any atom is -0.335 e. The average Bonchev–Trinajstić information content (AvgIpc) is 3.07. The van der Waals surface area contributed by atoms with Gasteiger partial charge in [-0.05, 0) is 19.3 Å². The van der Waals surface area contributed by atoms with Gasteiger partial charge in [-0.3, -0.25) is 14.5 Å². The molecule has 0 spiro atoms. The highest BCUT2D eigenvalue weighted by Crippen LogP contribution is 2.30. The van der Waals surface area contributed by atoms with Crippen molar-refractivity contribution in [3.8, 4) is 0 Å². The highest BCUT2D eigenvalue weighted by Gasteiger charge is 2.49. The number of imide groups is 1. The van der Waals surface area contributed by atoms with Gasteiger partial charge in [0.2, 0.25) is 0 Å². The number of urea groups is 1. The number of imidazole rings is 1. The molecule has 26 heavy (non-hydrogen) atoms. The molecule has 0 radical (unpaired) electrons. The van der Waals surface area contributed by atoms with Crippen molar-refractivity contribution in [2.24, 2.45) is 7.05 Å². The fourth-order valence-electron chi connectivity index (χ4n) is 4.41. The summed E-state index contributed by atoms with van der Waals surface area (Å²) < 4.78 is 1.68. The van der Waals surface area contributed by atoms with Crippen LogP contribution in [-0.4, -0.2) is 73.8 Å². The number of hydrogen-bond donors (Lipinski definition) is 0. The molecule has 2 aliphatic heterocycles. The van der Waals surface area contributed by atoms with Crippen LogP contribution in [0.15, 0.2) is 12.5 Å². The number of fused-ring (bicyclic) bond motifs is 1. The minimum atomic E-state index is -0.552. The molecule has 3 aliphatic rings. The SMILES string of the molecule is Cn1cncc1C(=O)N1CCCN2C(=O)N(C3CCCCC3)C(=O)C2C1. The van der Waals surface area contributed by atoms with Crippen LogP contribution in [0, 0.1) is 0 Å². The van der Waals surface area contributed by atoms with Crippen LogP contribution < -0.4 is 0 Å². The van der Waals surface area contributed by atoms with E-state index >= 15 is 0 Å². The molecular formula is C18H25N5O3. The van der Waals surface area contributed by atoms with Crippen molar-refractivity contribution in [3.63, 3.8) is 0 Å². The molecule has 0 N–H and O–H groups in total. The number of hydrogen-bond acceptors (Lipinski definition) is 4. The first-order chi connectivity index (χ1) is 12.6. The molecule has 4 rings (SSSR count). The number of aryl methyl sites for hydroxylation is 1. The Morgan fingerprint density at radius 1 is 1.12 bits per heavy atom. The zero-order chi connectivity index (χ0) is 18.3. The van der Waals surface area contributed by atoms with Crippen LogP contribution in [0.5, 0.6) is 0 Å². The third-order valence-corrected chi connectivity index (χ3v) is 5.83. The summed E-state index contributed by atoms with van der Waals surface area (Å²) >= 11 is 0. The lowest BCUT2D eigenvalue weighted by Crippen LogP contribution is -2.45. The maximum absolute atomic E-state index is 13.0. The van der Waals surface area contributed by atoms with Gasteiger partial charge in [0.05, 0.1) is 19.1 Å². The third-order valence-electron chi connectivity index (χ3n) is 5.83. The largest absolute Gasteiger partial charge is 0.335 e. The van der Waals surface area contributed by atoms with Gasteiger partial charge >= 0.3 is 6.03 Å². The summed E-state index contributed by atoms with van der Waals surface area (Å²) in [7, 11) is 1.78. The number of carbonyl (C=O) groups excluding carboxylic acids is 3. The molecule has 4 amide bonds. The Hall–Kier alpha value is -2.38. The van der Waals surface area contributed by atoms with Crippen molar-refractivity contribution < 1.29 is 14.4 Å². The van der Waals surface area contributed by atoms with Crippen molar-refractivity contribution >= 4 is 17.8 Å². The fraction of sp³-hybridized carbons (Fsp3) is 0.667. The Morgan fingerprint density at radius 2 is 1.88 bits per heavy atom. The van der Waals surface area contributed by atoms with E-state index < -0.39 is 6.04 Å². The molecule has 2 saturated heterocycles. The van der Waals surface area contributed by atoms with Crippen LogP contribution in [0.25, 0.3) is 0 Å². The normalized spacial score (nSPS) is 24.8. The molecule has 8 nitrogen and oxygen atoms in total. The molecule has 1 aliphatic carbocycles. The summed E-state index contributed by atoms with van der Waals surface area (Å²) in [6.07, 6.45) is 8.91. The molecule has 0 aromatic carbocycles. The summed E-state index contributed by atoms with van der Waals surface area (Å²) in [6.45, 7) is 1.33. The standard InChI is InChI=1S/C18H25N5O3/c1-20-12-19-10-14(20)16(24)21-8-5-9-22-15(11-21)17(25)23(18(22)26)13-6-3-2-4-7-13/h10,12-13,15H,2-9,11H2,1H3. The monoisotopic (exact) mass is 359 g/mol. The highest BCUT2D eigenvalue weighted by atomic mass is 16.2. The summed E-state index contributed by atoms with van der Waals surface area (Å²) in [5.41, 5.74) is 0.499. The zero-order valence-corrected chi connectivity index (χ0v) is 15.1. The molecule has 0 bridgehead atoms. The average molecular weight is 359 g/mol. The van der Waals surface area contributed by atoms with Gasteiger partial charge in [0, 0.05) is 26.2 Å². The molecular weight excluding hydrogens is 334 g/mol. The third kappa shape index (κ3) is 2.77. The number of amides is 4. The molecule has 3 fully saturated rings. The predicted octanol–water partition coefficient (Wildman–Crippen LogP) is 1.23. The van der Waals surface area contributed by atoms with Crippen LogP contribution >= 0.6 is 0 Å². The summed E-state index contributed by atoms with van der Waals surface area (Å²) in [5, 5.41) is 0. The molecule has 1 atom stereocenters. The zero-order valence-electron chi connectivity index (χ0n) is 15.1. The van der Waals surface area contributed by atoms with E-state index in [-0.39, 0.29) is 30.4 Å². The van der Waals surface area contributed by atoms with Gasteiger partial charge in [-0.2, -0.15) is 0 Å². The lowest BCUT2D eigenvalue weighted by molar-refractivity contribution is -0.130. The minimum absolute atomic E-state index is 0.0249. The second kappa shape index (κ2) is 6.74. The van der Waals surface area contributed by atoms with Gasteiger partial charge in [0.15, 0.2) is 0 Å². The van der Waals surface area contributed by atoms with Gasteiger partial charge in [0.25, 0.3) is 11.8 Å². The van der Waals surface area contributed by atoms with Crippen LogP contribution in [0.4, 0.5) is 4.79 Å². The van der Waals surface area contributed by atoms with Crippen molar-refractivity contribution in [2.75, 3.05) is 19.6 Å². The summed E-state index contributed by atoms with van der Waals surface area (Å²) in [4.78, 5) is 47.6. The number of nitrogens with zero attached hydrogens (tertiary/aromatic N) is 5. The van der Waals surface area contributed by atoms with E-state index in [1.165, 1.54) is 11.3 Å². The van der Waals surface area contributed by atoms with Gasteiger partial charge < -0.3 is 14.4 Å². The maximum atomic E-state index is 13.0. The van der Waals surface area contributed by atoms with Crippen LogP contribution in [-0.2, 0) is 11.8 Å². The molecule has 140 valence electrons. The van der Waals surface area contributed by atoms with Crippen LogP contribution in [0.2, 0.25) is 0 Å². The van der Waals surface area contributed by atoms with Crippen molar-refractivity contribution in [2.45, 2.75) is 50.6 Å². The van der Waals surface area contributed by atoms with E-state index in [1.54, 1.807) is 33.9 Å². The Morgan fingerprint density at radius 3 is 2.58 bits per heavy atom. The smallest absolute Gasteiger partial charge is 0.327 e. The van der Waals surface area contributed by atoms with Gasteiger partial charge in [-0.15, -0.1) is 0 Å². The summed E-state index contributed by atoms with van der Waals surface area (Å²) in [5.74, 6) is -0.269. The van der Waals surface area contributed by atoms with Crippen molar-refractivity contribution in [1.29, 1.82) is 0 Å². The van der Waals surface area contributed by atoms with E-state index in [9.17, 15) is 14.4 Å². The molecule has 8 heteroatoms. The Bertz CT molecular complexity index is 724. The Kier molecular flexibility index (Phi) is 4.42. The lowest BCUT2D eigenvalue weighted by atomic mass is 9.94. The van der Waals surface area contributed by atoms with Crippen LogP contribution in [0.3, 0.4) is 0 Å². The van der Waals surface area contributed by atoms with E-state index in [0.717, 1.165) is 25.7 Å². The number of carbonyl (C=O) groups is 3. The molecule has 1 aromatic heterocycles. The summed E-state index contributed by atoms with van der Waals surface area (Å²) in [6, 6.07) is -0.692. The molecule has 1 aromatic rings. The van der Waals surface area contributed by atoms with E-state index in [1.807, 2.05) is 0 Å². The first-order valence-electron chi connectivity index (χ1n) is 9.47. The predicted molar refractivity (Wildman–Crippen MR) is 93.3 cm³/mol. The topological polar surface area (TPSA) is 78.8 Å². The Labute approximate surface area is 152 Å². The first kappa shape index (κ1) is 17.1. The Balaban J connectivity index is 1.54. The molecule has 3 heterocycles. The number of rotatable bonds is 2. The van der Waals surface area contributed by atoms with E-state index in [4.69, 9.17) is 0 Å². The lowest BCUT2D eigenvalue weighted by Gasteiger charge is -2.29. The van der Waals surface area contributed by atoms with Gasteiger partial charge in [-0.25, -0.2) is 9.78 Å².